The number of hydrogen-bond acceptors (Lipinski definition) is 6. The first-order valence-corrected chi connectivity index (χ1v) is 7.22. The van der Waals surface area contributed by atoms with Crippen LogP contribution in [0.4, 0.5) is 17.5 Å². The highest BCUT2D eigenvalue weighted by Gasteiger charge is 2.23. The standard InChI is InChI=1S/C13H21N5O2/c1-2-7-14-13-15-10-11(18(19)20)12(16-13)17-8-5-3-4-6-9-17/h10H,2-9H2,1H3,(H,14,15,16). The van der Waals surface area contributed by atoms with E-state index in [4.69, 9.17) is 0 Å². The summed E-state index contributed by atoms with van der Waals surface area (Å²) in [5, 5.41) is 14.2. The first-order valence-electron chi connectivity index (χ1n) is 7.22. The van der Waals surface area contributed by atoms with Gasteiger partial charge in [0.25, 0.3) is 0 Å². The maximum atomic E-state index is 11.2. The van der Waals surface area contributed by atoms with Gasteiger partial charge in [0, 0.05) is 19.6 Å². The van der Waals surface area contributed by atoms with Crippen molar-refractivity contribution in [2.75, 3.05) is 29.9 Å². The Hall–Kier alpha value is -1.92. The monoisotopic (exact) mass is 279 g/mol. The Kier molecular flexibility index (Phi) is 5.09. The van der Waals surface area contributed by atoms with Crippen LogP contribution in [0.2, 0.25) is 0 Å². The Labute approximate surface area is 118 Å². The van der Waals surface area contributed by atoms with E-state index in [0.29, 0.717) is 11.8 Å². The lowest BCUT2D eigenvalue weighted by Crippen LogP contribution is -2.26. The van der Waals surface area contributed by atoms with Gasteiger partial charge in [0.2, 0.25) is 11.8 Å². The maximum absolute atomic E-state index is 11.2. The van der Waals surface area contributed by atoms with Gasteiger partial charge in [0.15, 0.2) is 0 Å². The lowest BCUT2D eigenvalue weighted by atomic mass is 10.2. The zero-order valence-corrected chi connectivity index (χ0v) is 11.8. The number of nitrogens with one attached hydrogen (secondary N) is 1. The Morgan fingerprint density at radius 3 is 2.65 bits per heavy atom. The molecule has 1 fully saturated rings. The molecule has 1 aromatic rings. The van der Waals surface area contributed by atoms with E-state index in [2.05, 4.69) is 15.3 Å². The van der Waals surface area contributed by atoms with Crippen molar-refractivity contribution in [1.29, 1.82) is 0 Å². The third-order valence-corrected chi connectivity index (χ3v) is 3.39. The number of nitrogens with zero attached hydrogens (tertiary/aromatic N) is 4. The highest BCUT2D eigenvalue weighted by atomic mass is 16.6. The highest BCUT2D eigenvalue weighted by Crippen LogP contribution is 2.28. The summed E-state index contributed by atoms with van der Waals surface area (Å²) in [6.07, 6.45) is 6.73. The van der Waals surface area contributed by atoms with E-state index in [1.165, 1.54) is 19.0 Å². The predicted molar refractivity (Wildman–Crippen MR) is 78.1 cm³/mol. The topological polar surface area (TPSA) is 84.2 Å². The molecule has 1 aliphatic heterocycles. The molecule has 7 heteroatoms. The summed E-state index contributed by atoms with van der Waals surface area (Å²) in [7, 11) is 0. The van der Waals surface area contributed by atoms with Crippen LogP contribution in [0.25, 0.3) is 0 Å². The van der Waals surface area contributed by atoms with Gasteiger partial charge in [0.1, 0.15) is 6.20 Å². The molecule has 0 atom stereocenters. The van der Waals surface area contributed by atoms with Crippen molar-refractivity contribution >= 4 is 17.5 Å². The molecule has 0 aliphatic carbocycles. The fourth-order valence-corrected chi connectivity index (χ4v) is 2.33. The van der Waals surface area contributed by atoms with E-state index in [1.807, 2.05) is 11.8 Å². The Balaban J connectivity index is 2.27. The van der Waals surface area contributed by atoms with Crippen LogP contribution in [0.3, 0.4) is 0 Å². The fourth-order valence-electron chi connectivity index (χ4n) is 2.33. The zero-order chi connectivity index (χ0) is 14.4. The van der Waals surface area contributed by atoms with E-state index in [0.717, 1.165) is 38.9 Å². The minimum Gasteiger partial charge on any atom is -0.354 e. The van der Waals surface area contributed by atoms with Crippen LogP contribution in [-0.2, 0) is 0 Å². The van der Waals surface area contributed by atoms with Gasteiger partial charge in [0.05, 0.1) is 4.92 Å². The van der Waals surface area contributed by atoms with Crippen molar-refractivity contribution in [3.63, 3.8) is 0 Å². The number of aromatic nitrogens is 2. The number of hydrogen-bond donors (Lipinski definition) is 1. The lowest BCUT2D eigenvalue weighted by molar-refractivity contribution is -0.384. The van der Waals surface area contributed by atoms with Gasteiger partial charge in [-0.15, -0.1) is 0 Å². The lowest BCUT2D eigenvalue weighted by Gasteiger charge is -2.21. The van der Waals surface area contributed by atoms with E-state index in [9.17, 15) is 10.1 Å². The minimum atomic E-state index is -0.399. The fraction of sp³-hybridized carbons (Fsp3) is 0.692. The molecule has 7 nitrogen and oxygen atoms in total. The Bertz CT molecular complexity index is 458. The summed E-state index contributed by atoms with van der Waals surface area (Å²) in [5.41, 5.74) is -0.00560. The summed E-state index contributed by atoms with van der Waals surface area (Å²) < 4.78 is 0. The van der Waals surface area contributed by atoms with Crippen molar-refractivity contribution < 1.29 is 4.92 Å². The predicted octanol–water partition coefficient (Wildman–Crippen LogP) is 2.59. The first kappa shape index (κ1) is 14.5. The molecule has 2 heterocycles. The molecule has 1 aromatic heterocycles. The maximum Gasteiger partial charge on any atom is 0.329 e. The third kappa shape index (κ3) is 3.55. The summed E-state index contributed by atoms with van der Waals surface area (Å²) in [6.45, 7) is 4.46. The molecule has 0 unspecified atom stereocenters. The molecule has 20 heavy (non-hydrogen) atoms. The van der Waals surface area contributed by atoms with Crippen molar-refractivity contribution in [1.82, 2.24) is 9.97 Å². The second kappa shape index (κ2) is 7.02. The molecule has 0 radical (unpaired) electrons. The van der Waals surface area contributed by atoms with Gasteiger partial charge in [-0.1, -0.05) is 19.8 Å². The van der Waals surface area contributed by atoms with Crippen LogP contribution in [0.15, 0.2) is 6.20 Å². The Morgan fingerprint density at radius 2 is 2.05 bits per heavy atom. The molecule has 0 amide bonds. The van der Waals surface area contributed by atoms with Crippen LogP contribution >= 0.6 is 0 Å². The largest absolute Gasteiger partial charge is 0.354 e. The van der Waals surface area contributed by atoms with E-state index < -0.39 is 4.92 Å². The summed E-state index contributed by atoms with van der Waals surface area (Å²) in [5.74, 6) is 0.919. The van der Waals surface area contributed by atoms with Crippen molar-refractivity contribution in [3.8, 4) is 0 Å². The molecule has 0 saturated carbocycles. The zero-order valence-electron chi connectivity index (χ0n) is 11.8. The highest BCUT2D eigenvalue weighted by molar-refractivity contribution is 5.59. The quantitative estimate of drug-likeness (QED) is 0.658. The molecule has 0 bridgehead atoms. The van der Waals surface area contributed by atoms with E-state index >= 15 is 0 Å². The molecule has 110 valence electrons. The second-order valence-electron chi connectivity index (χ2n) is 4.99. The molecular weight excluding hydrogens is 258 g/mol. The second-order valence-corrected chi connectivity index (χ2v) is 4.99. The number of nitro groups is 1. The van der Waals surface area contributed by atoms with Crippen molar-refractivity contribution in [3.05, 3.63) is 16.3 Å². The molecule has 0 aromatic carbocycles. The summed E-state index contributed by atoms with van der Waals surface area (Å²) >= 11 is 0. The minimum absolute atomic E-state index is 0.00560. The van der Waals surface area contributed by atoms with Crippen LogP contribution in [-0.4, -0.2) is 34.5 Å². The van der Waals surface area contributed by atoms with Gasteiger partial charge in [-0.3, -0.25) is 10.1 Å². The SMILES string of the molecule is CCCNc1ncc([N+](=O)[O-])c(N2CCCCCC2)n1. The third-order valence-electron chi connectivity index (χ3n) is 3.39. The van der Waals surface area contributed by atoms with Gasteiger partial charge < -0.3 is 10.2 Å². The molecule has 0 spiro atoms. The van der Waals surface area contributed by atoms with Crippen LogP contribution < -0.4 is 10.2 Å². The molecule has 1 N–H and O–H groups in total. The first-order chi connectivity index (χ1) is 9.72. The molecule has 1 aliphatic rings. The average Bonchev–Trinajstić information content (AvgIpc) is 2.73. The van der Waals surface area contributed by atoms with Crippen LogP contribution in [0.1, 0.15) is 39.0 Å². The van der Waals surface area contributed by atoms with Crippen molar-refractivity contribution in [2.24, 2.45) is 0 Å². The van der Waals surface area contributed by atoms with Gasteiger partial charge in [-0.25, -0.2) is 4.98 Å². The van der Waals surface area contributed by atoms with Crippen molar-refractivity contribution in [2.45, 2.75) is 39.0 Å². The van der Waals surface area contributed by atoms with Crippen LogP contribution in [0.5, 0.6) is 0 Å². The number of anilines is 2. The number of rotatable bonds is 5. The average molecular weight is 279 g/mol. The van der Waals surface area contributed by atoms with Gasteiger partial charge >= 0.3 is 5.69 Å². The Morgan fingerprint density at radius 1 is 1.35 bits per heavy atom. The molecule has 1 saturated heterocycles. The van der Waals surface area contributed by atoms with Crippen LogP contribution in [0, 0.1) is 10.1 Å². The summed E-state index contributed by atoms with van der Waals surface area (Å²) in [4.78, 5) is 21.2. The van der Waals surface area contributed by atoms with E-state index in [-0.39, 0.29) is 5.69 Å². The van der Waals surface area contributed by atoms with E-state index in [1.54, 1.807) is 0 Å². The van der Waals surface area contributed by atoms with Gasteiger partial charge in [-0.2, -0.15) is 4.98 Å². The normalized spacial score (nSPS) is 15.8. The summed E-state index contributed by atoms with van der Waals surface area (Å²) in [6, 6.07) is 0. The molecule has 2 rings (SSSR count). The molecular formula is C13H21N5O2. The van der Waals surface area contributed by atoms with Gasteiger partial charge in [-0.05, 0) is 19.3 Å². The smallest absolute Gasteiger partial charge is 0.329 e.